The zero-order chi connectivity index (χ0) is 28.7. The lowest BCUT2D eigenvalue weighted by atomic mass is 10.1. The number of para-hydroxylation sites is 2. The van der Waals surface area contributed by atoms with Crippen molar-refractivity contribution in [1.82, 2.24) is 0 Å². The Labute approximate surface area is 249 Å². The van der Waals surface area contributed by atoms with Crippen molar-refractivity contribution in [2.24, 2.45) is 0 Å². The summed E-state index contributed by atoms with van der Waals surface area (Å²) in [6.45, 7) is 4.22. The van der Waals surface area contributed by atoms with E-state index >= 15 is 0 Å². The molecule has 6 aromatic rings. The summed E-state index contributed by atoms with van der Waals surface area (Å²) in [5, 5.41) is 0. The van der Waals surface area contributed by atoms with Crippen LogP contribution in [0.15, 0.2) is 158 Å². The van der Waals surface area contributed by atoms with E-state index in [0.29, 0.717) is 0 Å². The van der Waals surface area contributed by atoms with Crippen LogP contribution >= 0.6 is 0 Å². The molecule has 2 heteroatoms. The smallest absolute Gasteiger partial charge is 0.0462 e. The lowest BCUT2D eigenvalue weighted by molar-refractivity contribution is 1.27. The molecule has 0 aliphatic rings. The van der Waals surface area contributed by atoms with Crippen LogP contribution in [0.1, 0.15) is 22.3 Å². The monoisotopic (exact) mass is 540 g/mol. The number of benzene rings is 6. The quantitative estimate of drug-likeness (QED) is 0.194. The number of nitrogens with zero attached hydrogens (tertiary/aromatic N) is 2. The molecular weight excluding hydrogens is 508 g/mol. The van der Waals surface area contributed by atoms with Gasteiger partial charge in [-0.3, -0.25) is 0 Å². The number of aryl methyl sites for hydroxylation is 2. The first-order valence-electron chi connectivity index (χ1n) is 14.2. The van der Waals surface area contributed by atoms with E-state index in [0.717, 1.165) is 45.3 Å². The van der Waals surface area contributed by atoms with E-state index in [4.69, 9.17) is 0 Å². The minimum Gasteiger partial charge on any atom is -0.311 e. The van der Waals surface area contributed by atoms with E-state index in [1.54, 1.807) is 0 Å². The average Bonchev–Trinajstić information content (AvgIpc) is 3.04. The maximum atomic E-state index is 3.35. The van der Waals surface area contributed by atoms with Crippen LogP contribution in [0.3, 0.4) is 0 Å². The number of rotatable bonds is 6. The zero-order valence-corrected chi connectivity index (χ0v) is 23.9. The Hall–Kier alpha value is -5.52. The van der Waals surface area contributed by atoms with Crippen LogP contribution in [0.2, 0.25) is 0 Å². The van der Waals surface area contributed by atoms with E-state index in [1.807, 2.05) is 12.1 Å². The van der Waals surface area contributed by atoms with Gasteiger partial charge in [0.25, 0.3) is 0 Å². The zero-order valence-electron chi connectivity index (χ0n) is 23.9. The summed E-state index contributed by atoms with van der Waals surface area (Å²) in [5.41, 5.74) is 11.1. The first kappa shape index (κ1) is 26.7. The molecule has 0 bridgehead atoms. The van der Waals surface area contributed by atoms with Gasteiger partial charge in [0.15, 0.2) is 0 Å². The van der Waals surface area contributed by atoms with Crippen molar-refractivity contribution in [2.75, 3.05) is 9.80 Å². The van der Waals surface area contributed by atoms with Gasteiger partial charge in [0.2, 0.25) is 0 Å². The van der Waals surface area contributed by atoms with E-state index in [9.17, 15) is 0 Å². The summed E-state index contributed by atoms with van der Waals surface area (Å²) in [6.07, 6.45) is 0. The van der Waals surface area contributed by atoms with Crippen molar-refractivity contribution >= 4 is 34.1 Å². The molecule has 0 saturated heterocycles. The van der Waals surface area contributed by atoms with E-state index in [2.05, 4.69) is 181 Å². The lowest BCUT2D eigenvalue weighted by Crippen LogP contribution is -2.09. The van der Waals surface area contributed by atoms with Gasteiger partial charge in [0.05, 0.1) is 0 Å². The fourth-order valence-corrected chi connectivity index (χ4v) is 4.97. The molecule has 0 aromatic heterocycles. The molecule has 0 fully saturated rings. The molecule has 0 amide bonds. The first-order valence-corrected chi connectivity index (χ1v) is 14.2. The molecule has 0 aliphatic carbocycles. The standard InChI is InChI=1S/C40H32N2/c1-31-13-23-37(24-14-31)41(35-9-5-3-6-10-35)39-27-19-33(20-28-39)17-18-34-21-29-40(30-22-34)42(36-11-7-4-8-12-36)38-25-15-32(2)16-26-38/h3-16,19-30H,1-2H3. The molecule has 6 rings (SSSR count). The highest BCUT2D eigenvalue weighted by molar-refractivity contribution is 5.78. The highest BCUT2D eigenvalue weighted by atomic mass is 15.1. The molecule has 6 aromatic carbocycles. The number of hydrogen-bond acceptors (Lipinski definition) is 2. The van der Waals surface area contributed by atoms with Gasteiger partial charge in [-0.2, -0.15) is 0 Å². The lowest BCUT2D eigenvalue weighted by Gasteiger charge is -2.25. The van der Waals surface area contributed by atoms with Crippen molar-refractivity contribution in [3.05, 3.63) is 180 Å². The molecule has 0 N–H and O–H groups in total. The summed E-state index contributed by atoms with van der Waals surface area (Å²) in [5.74, 6) is 6.70. The summed E-state index contributed by atoms with van der Waals surface area (Å²) < 4.78 is 0. The molecule has 0 atom stereocenters. The van der Waals surface area contributed by atoms with Crippen molar-refractivity contribution < 1.29 is 0 Å². The van der Waals surface area contributed by atoms with Gasteiger partial charge < -0.3 is 9.80 Å². The van der Waals surface area contributed by atoms with Crippen molar-refractivity contribution in [1.29, 1.82) is 0 Å². The number of hydrogen-bond donors (Lipinski definition) is 0. The van der Waals surface area contributed by atoms with Crippen LogP contribution in [0.5, 0.6) is 0 Å². The van der Waals surface area contributed by atoms with Crippen LogP contribution in [-0.2, 0) is 0 Å². The van der Waals surface area contributed by atoms with Crippen LogP contribution < -0.4 is 9.80 Å². The van der Waals surface area contributed by atoms with Crippen LogP contribution in [0.25, 0.3) is 0 Å². The predicted molar refractivity (Wildman–Crippen MR) is 178 cm³/mol. The van der Waals surface area contributed by atoms with Crippen LogP contribution in [0.4, 0.5) is 34.1 Å². The maximum absolute atomic E-state index is 3.35. The summed E-state index contributed by atoms with van der Waals surface area (Å²) in [7, 11) is 0. The SMILES string of the molecule is Cc1ccc(N(c2ccccc2)c2ccc(C#Cc3ccc(N(c4ccccc4)c4ccc(C)cc4)cc3)cc2)cc1. The van der Waals surface area contributed by atoms with Crippen LogP contribution in [0, 0.1) is 25.7 Å². The Bertz CT molecular complexity index is 1660. The molecule has 0 unspecified atom stereocenters. The molecule has 0 spiro atoms. The largest absolute Gasteiger partial charge is 0.311 e. The molecule has 0 heterocycles. The third-order valence-corrected chi connectivity index (χ3v) is 7.22. The second-order valence-corrected chi connectivity index (χ2v) is 10.4. The van der Waals surface area contributed by atoms with E-state index in [-0.39, 0.29) is 0 Å². The second-order valence-electron chi connectivity index (χ2n) is 10.4. The third kappa shape index (κ3) is 6.12. The molecular formula is C40H32N2. The average molecular weight is 541 g/mol. The second kappa shape index (κ2) is 12.3. The van der Waals surface area contributed by atoms with Gasteiger partial charge in [0, 0.05) is 45.3 Å². The molecule has 2 nitrogen and oxygen atoms in total. The Balaban J connectivity index is 1.24. The minimum atomic E-state index is 0.977. The van der Waals surface area contributed by atoms with Crippen molar-refractivity contribution in [2.45, 2.75) is 13.8 Å². The van der Waals surface area contributed by atoms with E-state index < -0.39 is 0 Å². The predicted octanol–water partition coefficient (Wildman–Crippen LogP) is 10.6. The third-order valence-electron chi connectivity index (χ3n) is 7.22. The van der Waals surface area contributed by atoms with Gasteiger partial charge in [-0.05, 0) is 111 Å². The van der Waals surface area contributed by atoms with Gasteiger partial charge in [0.1, 0.15) is 0 Å². The molecule has 202 valence electrons. The fourth-order valence-electron chi connectivity index (χ4n) is 4.97. The fraction of sp³-hybridized carbons (Fsp3) is 0.0500. The molecule has 42 heavy (non-hydrogen) atoms. The maximum Gasteiger partial charge on any atom is 0.0462 e. The van der Waals surface area contributed by atoms with Gasteiger partial charge in [-0.1, -0.05) is 83.6 Å². The first-order chi connectivity index (χ1) is 20.6. The molecule has 0 aliphatic heterocycles. The summed E-state index contributed by atoms with van der Waals surface area (Å²) in [4.78, 5) is 4.53. The minimum absolute atomic E-state index is 0.977. The summed E-state index contributed by atoms with van der Waals surface area (Å²) >= 11 is 0. The van der Waals surface area contributed by atoms with Gasteiger partial charge in [-0.25, -0.2) is 0 Å². The Morgan fingerprint density at radius 1 is 0.310 bits per heavy atom. The highest BCUT2D eigenvalue weighted by Crippen LogP contribution is 2.35. The van der Waals surface area contributed by atoms with Crippen molar-refractivity contribution in [3.63, 3.8) is 0 Å². The Morgan fingerprint density at radius 3 is 0.881 bits per heavy atom. The number of anilines is 6. The van der Waals surface area contributed by atoms with Crippen molar-refractivity contribution in [3.8, 4) is 11.8 Å². The molecule has 0 saturated carbocycles. The van der Waals surface area contributed by atoms with Crippen LogP contribution in [-0.4, -0.2) is 0 Å². The molecule has 0 radical (unpaired) electrons. The van der Waals surface area contributed by atoms with Gasteiger partial charge in [-0.15, -0.1) is 0 Å². The summed E-state index contributed by atoms with van der Waals surface area (Å²) in [6, 6.07) is 55.1. The van der Waals surface area contributed by atoms with E-state index in [1.165, 1.54) is 11.1 Å². The highest BCUT2D eigenvalue weighted by Gasteiger charge is 2.13. The normalized spacial score (nSPS) is 10.4. The topological polar surface area (TPSA) is 6.48 Å². The van der Waals surface area contributed by atoms with Gasteiger partial charge >= 0.3 is 0 Å². The Morgan fingerprint density at radius 2 is 0.571 bits per heavy atom. The Kier molecular flexibility index (Phi) is 7.84.